The largest absolute Gasteiger partial charge is 0.493 e. The summed E-state index contributed by atoms with van der Waals surface area (Å²) in [7, 11) is 1.57. The zero-order valence-electron chi connectivity index (χ0n) is 20.6. The van der Waals surface area contributed by atoms with Crippen molar-refractivity contribution in [2.75, 3.05) is 26.7 Å². The van der Waals surface area contributed by atoms with E-state index < -0.39 is 11.1 Å². The normalized spacial score (nSPS) is 17.1. The van der Waals surface area contributed by atoms with E-state index in [9.17, 15) is 14.4 Å². The molecule has 0 radical (unpaired) electrons. The summed E-state index contributed by atoms with van der Waals surface area (Å²) >= 11 is 0.848. The molecule has 2 heterocycles. The second-order valence-electron chi connectivity index (χ2n) is 9.05. The molecule has 8 heteroatoms. The van der Waals surface area contributed by atoms with E-state index in [1.54, 1.807) is 36.3 Å². The first-order chi connectivity index (χ1) is 18.0. The molecule has 0 spiro atoms. The van der Waals surface area contributed by atoms with Gasteiger partial charge in [0.2, 0.25) is 5.91 Å². The molecular formula is C29H28N2O5S. The van der Waals surface area contributed by atoms with Crippen molar-refractivity contribution in [1.29, 1.82) is 0 Å². The summed E-state index contributed by atoms with van der Waals surface area (Å²) in [4.78, 5) is 41.2. The lowest BCUT2D eigenvalue weighted by Gasteiger charge is -2.27. The van der Waals surface area contributed by atoms with Gasteiger partial charge in [-0.05, 0) is 71.1 Å². The van der Waals surface area contributed by atoms with Gasteiger partial charge in [-0.25, -0.2) is 0 Å². The van der Waals surface area contributed by atoms with Crippen LogP contribution in [0.4, 0.5) is 4.79 Å². The first-order valence-corrected chi connectivity index (χ1v) is 13.2. The van der Waals surface area contributed by atoms with Gasteiger partial charge in [-0.1, -0.05) is 48.5 Å². The van der Waals surface area contributed by atoms with Crippen LogP contribution in [0, 0.1) is 0 Å². The molecule has 2 saturated heterocycles. The Kier molecular flexibility index (Phi) is 7.46. The van der Waals surface area contributed by atoms with Gasteiger partial charge in [0.1, 0.15) is 13.2 Å². The van der Waals surface area contributed by atoms with E-state index in [2.05, 4.69) is 18.2 Å². The first-order valence-electron chi connectivity index (χ1n) is 12.3. The molecule has 3 aromatic rings. The fourth-order valence-corrected chi connectivity index (χ4v) is 5.47. The minimum atomic E-state index is -0.450. The van der Waals surface area contributed by atoms with Gasteiger partial charge in [-0.3, -0.25) is 19.3 Å². The number of likely N-dealkylation sites (tertiary alicyclic amines) is 1. The number of hydrogen-bond acceptors (Lipinski definition) is 6. The van der Waals surface area contributed by atoms with Crippen molar-refractivity contribution in [3.63, 3.8) is 0 Å². The highest BCUT2D eigenvalue weighted by Gasteiger charge is 2.37. The molecule has 5 rings (SSSR count). The van der Waals surface area contributed by atoms with Crippen molar-refractivity contribution in [2.45, 2.75) is 25.9 Å². The molecule has 0 aliphatic carbocycles. The highest BCUT2D eigenvalue weighted by atomic mass is 32.2. The van der Waals surface area contributed by atoms with Crippen molar-refractivity contribution < 1.29 is 23.9 Å². The van der Waals surface area contributed by atoms with E-state index in [1.165, 1.54) is 0 Å². The summed E-state index contributed by atoms with van der Waals surface area (Å²) < 4.78 is 11.6. The Morgan fingerprint density at radius 3 is 2.57 bits per heavy atom. The average molecular weight is 517 g/mol. The van der Waals surface area contributed by atoms with Gasteiger partial charge < -0.3 is 14.4 Å². The number of nitrogens with zero attached hydrogens (tertiary/aromatic N) is 2. The first kappa shape index (κ1) is 24.9. The number of piperidine rings is 1. The van der Waals surface area contributed by atoms with E-state index >= 15 is 0 Å². The number of rotatable bonds is 7. The number of ether oxygens (including phenoxy) is 2. The van der Waals surface area contributed by atoms with Crippen LogP contribution in [-0.2, 0) is 16.2 Å². The third kappa shape index (κ3) is 5.49. The van der Waals surface area contributed by atoms with Crippen molar-refractivity contribution >= 4 is 45.7 Å². The van der Waals surface area contributed by atoms with Crippen molar-refractivity contribution in [3.05, 3.63) is 76.7 Å². The number of benzene rings is 3. The second kappa shape index (κ2) is 11.1. The molecule has 0 saturated carbocycles. The summed E-state index contributed by atoms with van der Waals surface area (Å²) in [6, 6.07) is 19.6. The predicted octanol–water partition coefficient (Wildman–Crippen LogP) is 5.48. The highest BCUT2D eigenvalue weighted by molar-refractivity contribution is 8.18. The smallest absolute Gasteiger partial charge is 0.294 e. The minimum absolute atomic E-state index is 0.184. The maximum Gasteiger partial charge on any atom is 0.294 e. The van der Waals surface area contributed by atoms with Crippen LogP contribution < -0.4 is 9.47 Å². The Morgan fingerprint density at radius 2 is 1.76 bits per heavy atom. The van der Waals surface area contributed by atoms with Gasteiger partial charge >= 0.3 is 0 Å². The zero-order valence-corrected chi connectivity index (χ0v) is 21.5. The van der Waals surface area contributed by atoms with E-state index in [0.717, 1.165) is 52.3 Å². The molecule has 7 nitrogen and oxygen atoms in total. The lowest BCUT2D eigenvalue weighted by Crippen LogP contribution is -2.44. The lowest BCUT2D eigenvalue weighted by molar-refractivity contribution is -0.136. The molecule has 190 valence electrons. The van der Waals surface area contributed by atoms with Gasteiger partial charge in [0.05, 0.1) is 12.0 Å². The molecule has 0 unspecified atom stereocenters. The van der Waals surface area contributed by atoms with Crippen molar-refractivity contribution in [1.82, 2.24) is 9.80 Å². The lowest BCUT2D eigenvalue weighted by atomic mass is 10.1. The fourth-order valence-electron chi connectivity index (χ4n) is 4.64. The number of amides is 3. The molecule has 2 aliphatic heterocycles. The van der Waals surface area contributed by atoms with Crippen LogP contribution >= 0.6 is 11.8 Å². The van der Waals surface area contributed by atoms with Crippen LogP contribution in [0.1, 0.15) is 30.4 Å². The van der Waals surface area contributed by atoms with E-state index in [4.69, 9.17) is 9.47 Å². The molecule has 0 bridgehead atoms. The summed E-state index contributed by atoms with van der Waals surface area (Å²) in [6.07, 6.45) is 4.66. The minimum Gasteiger partial charge on any atom is -0.493 e. The maximum atomic E-state index is 13.0. The predicted molar refractivity (Wildman–Crippen MR) is 144 cm³/mol. The van der Waals surface area contributed by atoms with E-state index in [1.807, 2.05) is 24.3 Å². The van der Waals surface area contributed by atoms with Gasteiger partial charge in [0.15, 0.2) is 11.5 Å². The Morgan fingerprint density at radius 1 is 0.973 bits per heavy atom. The third-order valence-electron chi connectivity index (χ3n) is 6.62. The zero-order chi connectivity index (χ0) is 25.8. The average Bonchev–Trinajstić information content (AvgIpc) is 3.19. The summed E-state index contributed by atoms with van der Waals surface area (Å²) in [5.74, 6) is 0.465. The van der Waals surface area contributed by atoms with Gasteiger partial charge in [-0.2, -0.15) is 0 Å². The number of hydrogen-bond donors (Lipinski definition) is 0. The van der Waals surface area contributed by atoms with Crippen molar-refractivity contribution in [3.8, 4) is 11.5 Å². The van der Waals surface area contributed by atoms with E-state index in [-0.39, 0.29) is 17.4 Å². The molecule has 3 amide bonds. The van der Waals surface area contributed by atoms with Gasteiger partial charge in [0, 0.05) is 13.1 Å². The molecule has 2 aliphatic rings. The van der Waals surface area contributed by atoms with Crippen LogP contribution in [0.5, 0.6) is 11.5 Å². The van der Waals surface area contributed by atoms with Crippen molar-refractivity contribution in [2.24, 2.45) is 0 Å². The molecule has 2 fully saturated rings. The van der Waals surface area contributed by atoms with Crippen LogP contribution in [0.15, 0.2) is 65.6 Å². The number of thioether (sulfide) groups is 1. The standard InChI is InChI=1S/C29H28N2O5S/c1-35-24-13-12-20(16-25(24)36-19-22-10-7-9-21-8-3-4-11-23(21)22)17-26-28(33)31(29(34)37-26)18-27(32)30-14-5-2-6-15-30/h3-4,7-13,16-17H,2,5-6,14-15,18-19H2,1H3/b26-17-. The van der Waals surface area contributed by atoms with Gasteiger partial charge in [0.25, 0.3) is 11.1 Å². The topological polar surface area (TPSA) is 76.2 Å². The Balaban J connectivity index is 1.32. The molecular weight excluding hydrogens is 488 g/mol. The third-order valence-corrected chi connectivity index (χ3v) is 7.53. The molecule has 0 atom stereocenters. The molecule has 0 aromatic heterocycles. The number of imide groups is 1. The van der Waals surface area contributed by atoms with Crippen LogP contribution in [0.25, 0.3) is 16.8 Å². The molecule has 3 aromatic carbocycles. The SMILES string of the molecule is COc1ccc(/C=C2\SC(=O)N(CC(=O)N3CCCCC3)C2=O)cc1OCc1cccc2ccccc12. The number of carbonyl (C=O) groups excluding carboxylic acids is 3. The second-order valence-corrected chi connectivity index (χ2v) is 10.0. The Bertz CT molecular complexity index is 1370. The van der Waals surface area contributed by atoms with Crippen LogP contribution in [0.3, 0.4) is 0 Å². The maximum absolute atomic E-state index is 13.0. The number of fused-ring (bicyclic) bond motifs is 1. The monoisotopic (exact) mass is 516 g/mol. The van der Waals surface area contributed by atoms with Crippen LogP contribution in [0.2, 0.25) is 0 Å². The molecule has 0 N–H and O–H groups in total. The Hall–Kier alpha value is -3.78. The summed E-state index contributed by atoms with van der Waals surface area (Å²) in [5.41, 5.74) is 1.74. The Labute approximate surface area is 220 Å². The highest BCUT2D eigenvalue weighted by Crippen LogP contribution is 2.35. The fraction of sp³-hybridized carbons (Fsp3) is 0.276. The van der Waals surface area contributed by atoms with Gasteiger partial charge in [-0.15, -0.1) is 0 Å². The van der Waals surface area contributed by atoms with E-state index in [0.29, 0.717) is 36.8 Å². The quantitative estimate of drug-likeness (QED) is 0.387. The molecule has 37 heavy (non-hydrogen) atoms. The number of methoxy groups -OCH3 is 1. The number of carbonyl (C=O) groups is 3. The summed E-state index contributed by atoms with van der Waals surface area (Å²) in [5, 5.41) is 1.83. The summed E-state index contributed by atoms with van der Waals surface area (Å²) in [6.45, 7) is 1.48. The van der Waals surface area contributed by atoms with Crippen LogP contribution in [-0.4, -0.2) is 53.6 Å².